The van der Waals surface area contributed by atoms with Crippen LogP contribution in [-0.2, 0) is 14.4 Å². The lowest BCUT2D eigenvalue weighted by Gasteiger charge is -2.14. The van der Waals surface area contributed by atoms with Gasteiger partial charge in [0.25, 0.3) is 0 Å². The number of nitrogens with one attached hydrogen (secondary N) is 3. The second kappa shape index (κ2) is 12.4. The minimum absolute atomic E-state index is 0.160. The zero-order valence-electron chi connectivity index (χ0n) is 21.9. The number of aromatic amines is 1. The number of carbonyl (C=O) groups is 3. The SMILES string of the molecule is CC(=O)Oc1ccc2c(c1)-c1cnc([nH]1)[C@@H](NC(=O)/C=C/c1cc(Cl)ccc1-n1cnnn1)C/C=C\CCC(=O)N2. The van der Waals surface area contributed by atoms with Gasteiger partial charge in [0, 0.05) is 35.6 Å². The summed E-state index contributed by atoms with van der Waals surface area (Å²) in [6.07, 6.45) is 11.1. The van der Waals surface area contributed by atoms with Gasteiger partial charge in [0.15, 0.2) is 0 Å². The molecule has 0 fully saturated rings. The summed E-state index contributed by atoms with van der Waals surface area (Å²) in [4.78, 5) is 44.9. The Morgan fingerprint density at radius 1 is 1.20 bits per heavy atom. The molecule has 2 aromatic heterocycles. The largest absolute Gasteiger partial charge is 0.427 e. The topological polar surface area (TPSA) is 157 Å². The predicted molar refractivity (Wildman–Crippen MR) is 151 cm³/mol. The summed E-state index contributed by atoms with van der Waals surface area (Å²) in [7, 11) is 0. The van der Waals surface area contributed by atoms with E-state index < -0.39 is 12.0 Å². The third kappa shape index (κ3) is 6.92. The summed E-state index contributed by atoms with van der Waals surface area (Å²) in [5.41, 5.74) is 3.00. The van der Waals surface area contributed by atoms with Crippen molar-refractivity contribution in [1.29, 1.82) is 0 Å². The Balaban J connectivity index is 1.42. The number of imidazole rings is 1. The number of H-pyrrole nitrogens is 1. The van der Waals surface area contributed by atoms with Crippen molar-refractivity contribution in [2.24, 2.45) is 0 Å². The Morgan fingerprint density at radius 3 is 2.88 bits per heavy atom. The van der Waals surface area contributed by atoms with Gasteiger partial charge in [-0.2, -0.15) is 4.68 Å². The Hall–Kier alpha value is -5.10. The van der Waals surface area contributed by atoms with Gasteiger partial charge >= 0.3 is 5.97 Å². The van der Waals surface area contributed by atoms with Crippen molar-refractivity contribution in [3.8, 4) is 22.7 Å². The fourth-order valence-electron chi connectivity index (χ4n) is 4.28. The molecule has 1 atom stereocenters. The molecule has 2 aromatic carbocycles. The van der Waals surface area contributed by atoms with Crippen molar-refractivity contribution in [3.63, 3.8) is 0 Å². The van der Waals surface area contributed by atoms with Gasteiger partial charge in [0.1, 0.15) is 17.9 Å². The first kappa shape index (κ1) is 27.5. The van der Waals surface area contributed by atoms with Gasteiger partial charge in [0.05, 0.1) is 29.3 Å². The van der Waals surface area contributed by atoms with Crippen LogP contribution in [0.3, 0.4) is 0 Å². The van der Waals surface area contributed by atoms with E-state index in [4.69, 9.17) is 16.3 Å². The number of anilines is 1. The molecular weight excluding hydrogens is 548 g/mol. The van der Waals surface area contributed by atoms with E-state index in [-0.39, 0.29) is 18.2 Å². The van der Waals surface area contributed by atoms with E-state index in [1.807, 2.05) is 12.2 Å². The predicted octanol–water partition coefficient (Wildman–Crippen LogP) is 4.18. The molecular formula is C28H25ClN8O4. The van der Waals surface area contributed by atoms with E-state index in [9.17, 15) is 14.4 Å². The molecule has 1 aliphatic rings. The number of nitrogens with zero attached hydrogens (tertiary/aromatic N) is 5. The van der Waals surface area contributed by atoms with Crippen molar-refractivity contribution >= 4 is 41.1 Å². The molecule has 3 N–H and O–H groups in total. The number of amides is 2. The van der Waals surface area contributed by atoms with Gasteiger partial charge in [-0.05, 0) is 65.7 Å². The quantitative estimate of drug-likeness (QED) is 0.139. The average Bonchev–Trinajstić information content (AvgIpc) is 3.64. The second-order valence-corrected chi connectivity index (χ2v) is 9.57. The number of hydrogen-bond acceptors (Lipinski definition) is 8. The molecule has 0 aliphatic carbocycles. The first-order valence-electron chi connectivity index (χ1n) is 12.7. The van der Waals surface area contributed by atoms with Crippen LogP contribution in [0.5, 0.6) is 5.75 Å². The molecule has 0 radical (unpaired) electrons. The summed E-state index contributed by atoms with van der Waals surface area (Å²) < 4.78 is 6.72. The van der Waals surface area contributed by atoms with Crippen molar-refractivity contribution < 1.29 is 19.1 Å². The standard InChI is InChI=1S/C28H25ClN8O4/c1-17(38)41-20-9-10-22-21(14-20)24-15-30-28(34-24)23(5-3-2-4-6-26(39)32-22)33-27(40)12-7-18-13-19(29)8-11-25(18)37-16-31-35-36-37/h2-3,7-16,23H,4-6H2,1H3,(H,30,34)(H,32,39)(H,33,40)/b3-2-,12-7+/t23-/m0/s1. The van der Waals surface area contributed by atoms with Gasteiger partial charge in [-0.25, -0.2) is 4.98 Å². The number of halogens is 1. The number of fused-ring (bicyclic) bond motifs is 4. The Kier molecular flexibility index (Phi) is 8.30. The molecule has 3 heterocycles. The summed E-state index contributed by atoms with van der Waals surface area (Å²) in [5.74, 6) is -0.147. The van der Waals surface area contributed by atoms with Crippen LogP contribution in [0.2, 0.25) is 5.02 Å². The summed E-state index contributed by atoms with van der Waals surface area (Å²) in [6, 6.07) is 9.60. The van der Waals surface area contributed by atoms with E-state index in [2.05, 4.69) is 36.1 Å². The van der Waals surface area contributed by atoms with Crippen LogP contribution in [-0.4, -0.2) is 48.0 Å². The summed E-state index contributed by atoms with van der Waals surface area (Å²) in [5, 5.41) is 17.6. The molecule has 2 amide bonds. The molecule has 2 bridgehead atoms. The van der Waals surface area contributed by atoms with E-state index in [0.717, 1.165) is 0 Å². The number of tetrazole rings is 1. The van der Waals surface area contributed by atoms with Gasteiger partial charge in [0.2, 0.25) is 11.8 Å². The third-order valence-electron chi connectivity index (χ3n) is 6.14. The monoisotopic (exact) mass is 572 g/mol. The first-order valence-corrected chi connectivity index (χ1v) is 13.1. The highest BCUT2D eigenvalue weighted by atomic mass is 35.5. The van der Waals surface area contributed by atoms with Crippen molar-refractivity contribution in [3.05, 3.63) is 83.6 Å². The van der Waals surface area contributed by atoms with Crippen molar-refractivity contribution in [1.82, 2.24) is 35.5 Å². The number of hydrogen-bond donors (Lipinski definition) is 3. The number of carbonyl (C=O) groups excluding carboxylic acids is 3. The summed E-state index contributed by atoms with van der Waals surface area (Å²) >= 11 is 6.19. The summed E-state index contributed by atoms with van der Waals surface area (Å²) in [6.45, 7) is 1.31. The number of esters is 1. The lowest BCUT2D eigenvalue weighted by molar-refractivity contribution is -0.132. The number of rotatable bonds is 5. The highest BCUT2D eigenvalue weighted by Crippen LogP contribution is 2.32. The second-order valence-electron chi connectivity index (χ2n) is 9.13. The maximum atomic E-state index is 13.1. The van der Waals surface area contributed by atoms with Crippen LogP contribution >= 0.6 is 11.6 Å². The van der Waals surface area contributed by atoms with Crippen LogP contribution in [0.4, 0.5) is 5.69 Å². The van der Waals surface area contributed by atoms with Crippen LogP contribution in [0.25, 0.3) is 23.0 Å². The molecule has 0 unspecified atom stereocenters. The molecule has 0 spiro atoms. The van der Waals surface area contributed by atoms with Crippen LogP contribution < -0.4 is 15.4 Å². The Morgan fingerprint density at radius 2 is 2.07 bits per heavy atom. The fraction of sp³-hybridized carbons (Fsp3) is 0.179. The zero-order chi connectivity index (χ0) is 28.8. The van der Waals surface area contributed by atoms with E-state index >= 15 is 0 Å². The number of allylic oxidation sites excluding steroid dienone is 1. The van der Waals surface area contributed by atoms with Crippen molar-refractivity contribution in [2.45, 2.75) is 32.2 Å². The maximum absolute atomic E-state index is 13.1. The number of ether oxygens (including phenoxy) is 1. The lowest BCUT2D eigenvalue weighted by Crippen LogP contribution is -2.27. The minimum atomic E-state index is -0.500. The molecule has 1 aliphatic heterocycles. The molecule has 41 heavy (non-hydrogen) atoms. The zero-order valence-corrected chi connectivity index (χ0v) is 22.6. The molecule has 13 heteroatoms. The van der Waals surface area contributed by atoms with E-state index in [1.54, 1.807) is 48.7 Å². The lowest BCUT2D eigenvalue weighted by atomic mass is 10.1. The van der Waals surface area contributed by atoms with Crippen LogP contribution in [0.1, 0.15) is 43.6 Å². The molecule has 12 nitrogen and oxygen atoms in total. The van der Waals surface area contributed by atoms with Gasteiger partial charge in [-0.3, -0.25) is 14.4 Å². The van der Waals surface area contributed by atoms with Crippen molar-refractivity contribution in [2.75, 3.05) is 5.32 Å². The Bertz CT molecular complexity index is 1640. The maximum Gasteiger partial charge on any atom is 0.308 e. The molecule has 5 rings (SSSR count). The average molecular weight is 573 g/mol. The third-order valence-corrected chi connectivity index (χ3v) is 6.37. The molecule has 4 aromatic rings. The molecule has 0 saturated carbocycles. The van der Waals surface area contributed by atoms with E-state index in [0.29, 0.717) is 57.6 Å². The first-order chi connectivity index (χ1) is 19.9. The highest BCUT2D eigenvalue weighted by molar-refractivity contribution is 6.30. The normalized spacial score (nSPS) is 16.0. The van der Waals surface area contributed by atoms with E-state index in [1.165, 1.54) is 24.0 Å². The van der Waals surface area contributed by atoms with Gasteiger partial charge < -0.3 is 20.4 Å². The number of benzene rings is 2. The van der Waals surface area contributed by atoms with Crippen LogP contribution in [0.15, 0.2) is 67.2 Å². The van der Waals surface area contributed by atoms with Gasteiger partial charge in [-0.15, -0.1) is 5.10 Å². The minimum Gasteiger partial charge on any atom is -0.427 e. The van der Waals surface area contributed by atoms with Crippen LogP contribution in [0, 0.1) is 0 Å². The highest BCUT2D eigenvalue weighted by Gasteiger charge is 2.19. The number of aromatic nitrogens is 6. The Labute approximate surface area is 239 Å². The van der Waals surface area contributed by atoms with Gasteiger partial charge in [-0.1, -0.05) is 23.8 Å². The smallest absolute Gasteiger partial charge is 0.308 e. The fourth-order valence-corrected chi connectivity index (χ4v) is 4.46. The molecule has 208 valence electrons. The molecule has 0 saturated heterocycles.